The van der Waals surface area contributed by atoms with Crippen LogP contribution in [-0.2, 0) is 18.5 Å². The van der Waals surface area contributed by atoms with Gasteiger partial charge in [0.15, 0.2) is 5.69 Å². The van der Waals surface area contributed by atoms with Gasteiger partial charge in [-0.2, -0.15) is 0 Å². The van der Waals surface area contributed by atoms with E-state index in [4.69, 9.17) is 0 Å². The van der Waals surface area contributed by atoms with Crippen molar-refractivity contribution in [1.82, 2.24) is 24.6 Å². The van der Waals surface area contributed by atoms with Crippen LogP contribution in [0.4, 0.5) is 0 Å². The maximum atomic E-state index is 13.0. The lowest BCUT2D eigenvalue weighted by molar-refractivity contribution is 0.299. The van der Waals surface area contributed by atoms with Gasteiger partial charge in [-0.3, -0.25) is 19.2 Å². The summed E-state index contributed by atoms with van der Waals surface area (Å²) >= 11 is 0. The van der Waals surface area contributed by atoms with E-state index in [0.29, 0.717) is 5.69 Å². The SMILES string of the molecule is O=c1c(-c2ccccc2)nnc2n1CC[C@@]21CCN(Cc2cccnc2)C1. The van der Waals surface area contributed by atoms with Gasteiger partial charge in [-0.25, -0.2) is 0 Å². The lowest BCUT2D eigenvalue weighted by Gasteiger charge is -2.23. The number of fused-ring (bicyclic) bond motifs is 2. The quantitative estimate of drug-likeness (QED) is 0.718. The summed E-state index contributed by atoms with van der Waals surface area (Å²) in [5, 5.41) is 8.88. The minimum absolute atomic E-state index is 0.0196. The van der Waals surface area contributed by atoms with Crippen LogP contribution in [0.15, 0.2) is 59.7 Å². The number of rotatable bonds is 3. The van der Waals surface area contributed by atoms with E-state index >= 15 is 0 Å². The Hall–Kier alpha value is -2.86. The molecule has 0 amide bonds. The van der Waals surface area contributed by atoms with Crippen LogP contribution in [-0.4, -0.2) is 37.7 Å². The van der Waals surface area contributed by atoms with Crippen molar-refractivity contribution in [2.45, 2.75) is 31.3 Å². The minimum Gasteiger partial charge on any atom is -0.298 e. The van der Waals surface area contributed by atoms with E-state index in [1.807, 2.05) is 47.2 Å². The number of hydrogen-bond donors (Lipinski definition) is 0. The highest BCUT2D eigenvalue weighted by atomic mass is 16.1. The zero-order valence-electron chi connectivity index (χ0n) is 15.1. The fourth-order valence-corrected chi connectivity index (χ4v) is 4.46. The van der Waals surface area contributed by atoms with Gasteiger partial charge in [0.2, 0.25) is 0 Å². The number of pyridine rings is 1. The average Bonchev–Trinajstić information content (AvgIpc) is 3.29. The predicted octanol–water partition coefficient (Wildman–Crippen LogP) is 2.25. The van der Waals surface area contributed by atoms with E-state index in [1.54, 1.807) is 6.20 Å². The first-order valence-electron chi connectivity index (χ1n) is 9.40. The number of benzene rings is 1. The standard InChI is InChI=1S/C21H21N5O/c27-19-18(17-6-2-1-3-7-17)23-24-20-21(9-12-26(19)20)8-11-25(15-21)14-16-5-4-10-22-13-16/h1-7,10,13H,8-9,11-12,14-15H2/t21-/m1/s1. The van der Waals surface area contributed by atoms with Gasteiger partial charge in [0, 0.05) is 43.0 Å². The maximum Gasteiger partial charge on any atom is 0.280 e. The topological polar surface area (TPSA) is 63.9 Å². The van der Waals surface area contributed by atoms with Gasteiger partial charge in [0.05, 0.1) is 0 Å². The summed E-state index contributed by atoms with van der Waals surface area (Å²) in [6.07, 6.45) is 5.70. The van der Waals surface area contributed by atoms with Gasteiger partial charge >= 0.3 is 0 Å². The van der Waals surface area contributed by atoms with Crippen molar-refractivity contribution in [3.8, 4) is 11.3 Å². The van der Waals surface area contributed by atoms with Crippen LogP contribution in [0.2, 0.25) is 0 Å². The molecule has 2 aliphatic rings. The fraction of sp³-hybridized carbons (Fsp3) is 0.333. The van der Waals surface area contributed by atoms with Crippen LogP contribution in [0.3, 0.4) is 0 Å². The van der Waals surface area contributed by atoms with Crippen molar-refractivity contribution in [1.29, 1.82) is 0 Å². The molecule has 0 aliphatic carbocycles. The van der Waals surface area contributed by atoms with Crippen molar-refractivity contribution in [2.24, 2.45) is 0 Å². The molecule has 2 aromatic heterocycles. The minimum atomic E-state index is -0.0520. The molecule has 2 aliphatic heterocycles. The normalized spacial score (nSPS) is 21.6. The van der Waals surface area contributed by atoms with Crippen molar-refractivity contribution < 1.29 is 0 Å². The number of hydrogen-bond acceptors (Lipinski definition) is 5. The summed E-state index contributed by atoms with van der Waals surface area (Å²) in [6.45, 7) is 3.53. The van der Waals surface area contributed by atoms with Crippen LogP contribution in [0.25, 0.3) is 11.3 Å². The smallest absolute Gasteiger partial charge is 0.280 e. The molecular weight excluding hydrogens is 338 g/mol. The van der Waals surface area contributed by atoms with Crippen molar-refractivity contribution in [3.63, 3.8) is 0 Å². The van der Waals surface area contributed by atoms with Gasteiger partial charge in [-0.05, 0) is 31.0 Å². The molecule has 0 radical (unpaired) electrons. The zero-order valence-corrected chi connectivity index (χ0v) is 15.1. The van der Waals surface area contributed by atoms with E-state index in [-0.39, 0.29) is 11.0 Å². The fourth-order valence-electron chi connectivity index (χ4n) is 4.46. The van der Waals surface area contributed by atoms with E-state index < -0.39 is 0 Å². The van der Waals surface area contributed by atoms with Gasteiger partial charge < -0.3 is 0 Å². The third-order valence-corrected chi connectivity index (χ3v) is 5.85. The molecule has 6 nitrogen and oxygen atoms in total. The predicted molar refractivity (Wildman–Crippen MR) is 102 cm³/mol. The van der Waals surface area contributed by atoms with E-state index in [1.165, 1.54) is 5.56 Å². The summed E-state index contributed by atoms with van der Waals surface area (Å²) in [5.74, 6) is 0.862. The number of aromatic nitrogens is 4. The van der Waals surface area contributed by atoms with Crippen LogP contribution < -0.4 is 5.56 Å². The molecule has 1 fully saturated rings. The lowest BCUT2D eigenvalue weighted by atomic mass is 9.85. The summed E-state index contributed by atoms with van der Waals surface area (Å²) < 4.78 is 1.85. The van der Waals surface area contributed by atoms with Gasteiger partial charge in [-0.15, -0.1) is 10.2 Å². The van der Waals surface area contributed by atoms with E-state index in [0.717, 1.165) is 50.4 Å². The molecule has 1 aromatic carbocycles. The summed E-state index contributed by atoms with van der Waals surface area (Å²) in [5.41, 5.74) is 2.42. The monoisotopic (exact) mass is 359 g/mol. The zero-order chi connectivity index (χ0) is 18.3. The third-order valence-electron chi connectivity index (χ3n) is 5.85. The molecule has 4 heterocycles. The molecule has 136 valence electrons. The first kappa shape index (κ1) is 16.3. The largest absolute Gasteiger partial charge is 0.298 e. The second kappa shape index (κ2) is 6.39. The third kappa shape index (κ3) is 2.77. The highest BCUT2D eigenvalue weighted by molar-refractivity contribution is 5.57. The Labute approximate surface area is 157 Å². The van der Waals surface area contributed by atoms with Gasteiger partial charge in [0.1, 0.15) is 5.82 Å². The Morgan fingerprint density at radius 1 is 1.00 bits per heavy atom. The molecule has 0 bridgehead atoms. The summed E-state index contributed by atoms with van der Waals surface area (Å²) in [7, 11) is 0. The van der Waals surface area contributed by atoms with Crippen LogP contribution in [0.1, 0.15) is 24.2 Å². The molecule has 27 heavy (non-hydrogen) atoms. The van der Waals surface area contributed by atoms with Crippen molar-refractivity contribution in [3.05, 3.63) is 76.6 Å². The Morgan fingerprint density at radius 2 is 1.85 bits per heavy atom. The van der Waals surface area contributed by atoms with Gasteiger partial charge in [0.25, 0.3) is 5.56 Å². The maximum absolute atomic E-state index is 13.0. The van der Waals surface area contributed by atoms with Crippen molar-refractivity contribution >= 4 is 0 Å². The molecule has 0 N–H and O–H groups in total. The first-order chi connectivity index (χ1) is 13.3. The molecule has 5 rings (SSSR count). The highest BCUT2D eigenvalue weighted by Crippen LogP contribution is 2.41. The highest BCUT2D eigenvalue weighted by Gasteiger charge is 2.46. The molecule has 6 heteroatoms. The Balaban J connectivity index is 1.44. The summed E-state index contributed by atoms with van der Waals surface area (Å²) in [4.78, 5) is 19.7. The lowest BCUT2D eigenvalue weighted by Crippen LogP contribution is -2.33. The molecule has 0 unspecified atom stereocenters. The van der Waals surface area contributed by atoms with E-state index in [9.17, 15) is 4.79 Å². The molecule has 1 saturated heterocycles. The molecular formula is C21H21N5O. The Morgan fingerprint density at radius 3 is 2.67 bits per heavy atom. The Kier molecular flexibility index (Phi) is 3.86. The number of nitrogens with zero attached hydrogens (tertiary/aromatic N) is 5. The van der Waals surface area contributed by atoms with Gasteiger partial charge in [-0.1, -0.05) is 36.4 Å². The Bertz CT molecular complexity index is 1020. The van der Waals surface area contributed by atoms with Crippen LogP contribution >= 0.6 is 0 Å². The van der Waals surface area contributed by atoms with Crippen LogP contribution in [0, 0.1) is 0 Å². The summed E-state index contributed by atoms with van der Waals surface area (Å²) in [6, 6.07) is 13.7. The first-order valence-corrected chi connectivity index (χ1v) is 9.40. The van der Waals surface area contributed by atoms with Crippen molar-refractivity contribution in [2.75, 3.05) is 13.1 Å². The molecule has 0 saturated carbocycles. The second-order valence-corrected chi connectivity index (χ2v) is 7.55. The molecule has 3 aromatic rings. The number of likely N-dealkylation sites (tertiary alicyclic amines) is 1. The van der Waals surface area contributed by atoms with Crippen LogP contribution in [0.5, 0.6) is 0 Å². The average molecular weight is 359 g/mol. The molecule has 1 atom stereocenters. The molecule has 1 spiro atoms. The second-order valence-electron chi connectivity index (χ2n) is 7.55. The van der Waals surface area contributed by atoms with E-state index in [2.05, 4.69) is 26.1 Å².